The van der Waals surface area contributed by atoms with Crippen LogP contribution in [-0.2, 0) is 28.2 Å². The highest BCUT2D eigenvalue weighted by Crippen LogP contribution is 2.55. The van der Waals surface area contributed by atoms with Crippen LogP contribution in [0.25, 0.3) is 0 Å². The highest BCUT2D eigenvalue weighted by Gasteiger charge is 2.43. The summed E-state index contributed by atoms with van der Waals surface area (Å²) in [5.74, 6) is 0.172. The molecule has 0 saturated heterocycles. The molecule has 11 heteroatoms. The molecule has 1 aliphatic rings. The van der Waals surface area contributed by atoms with Gasteiger partial charge in [-0.2, -0.15) is 0 Å². The number of allylic oxidation sites excluding steroid dienone is 2. The highest BCUT2D eigenvalue weighted by molar-refractivity contribution is 7.95. The number of benzene rings is 3. The smallest absolute Gasteiger partial charge is 0.313 e. The van der Waals surface area contributed by atoms with Gasteiger partial charge in [-0.3, -0.25) is 19.2 Å². The molecule has 0 radical (unpaired) electrons. The number of aryl methyl sites for hydroxylation is 9. The fraction of sp³-hybridized carbons (Fsp3) is 0.490. The summed E-state index contributed by atoms with van der Waals surface area (Å²) in [6, 6.07) is 11.1. The van der Waals surface area contributed by atoms with Crippen molar-refractivity contribution in [3.8, 4) is 0 Å². The van der Waals surface area contributed by atoms with E-state index in [1.165, 1.54) is 7.11 Å². The molecule has 0 aliphatic heterocycles. The highest BCUT2D eigenvalue weighted by atomic mass is 31.2. The van der Waals surface area contributed by atoms with Crippen LogP contribution in [0, 0.1) is 80.1 Å². The molecule has 0 aromatic heterocycles. The van der Waals surface area contributed by atoms with Crippen LogP contribution in [0.5, 0.6) is 0 Å². The topological polar surface area (TPSA) is 138 Å². The van der Waals surface area contributed by atoms with Gasteiger partial charge < -0.3 is 23.4 Å². The number of esters is 1. The van der Waals surface area contributed by atoms with Gasteiger partial charge >= 0.3 is 5.97 Å². The minimum atomic E-state index is -4.13. The molecular weight excluding hydrogens is 794 g/mol. The third-order valence-electron chi connectivity index (χ3n) is 11.0. The van der Waals surface area contributed by atoms with Gasteiger partial charge in [-0.1, -0.05) is 92.4 Å². The van der Waals surface area contributed by atoms with Gasteiger partial charge in [0.1, 0.15) is 19.1 Å². The molecule has 0 spiro atoms. The standard InChI is InChI=1S/C25H37O5P.C22H25O4P.C2H6/c1-16-10-18(3)22(19(4)11-16)14-31(28,15-23(26)30-9-8-29-7)25(27)24-20(5)12-17(2)13-21(24)6;1-13-9-15(3)19(16(4)10-13)21(24)27(26,8-7-23)22(25)20-17(5)11-14(2)12-18(20)6;1-2/h10,12-13,16,19,22H,8-9,11,14-15H2,1-7H3;7,9-12H,8H2,1-6H3;1-2H3. The van der Waals surface area contributed by atoms with Gasteiger partial charge in [0, 0.05) is 30.0 Å². The lowest BCUT2D eigenvalue weighted by molar-refractivity contribution is -0.141. The third kappa shape index (κ3) is 12.8. The van der Waals surface area contributed by atoms with E-state index in [4.69, 9.17) is 9.47 Å². The van der Waals surface area contributed by atoms with E-state index in [1.54, 1.807) is 27.7 Å². The fourth-order valence-electron chi connectivity index (χ4n) is 8.67. The molecule has 328 valence electrons. The molecule has 4 atom stereocenters. The zero-order chi connectivity index (χ0) is 45.9. The van der Waals surface area contributed by atoms with Crippen molar-refractivity contribution < 1.29 is 42.6 Å². The number of aldehydes is 1. The zero-order valence-corrected chi connectivity index (χ0v) is 40.5. The van der Waals surface area contributed by atoms with Gasteiger partial charge in [0.2, 0.25) is 23.7 Å². The summed E-state index contributed by atoms with van der Waals surface area (Å²) in [5.41, 5.74) is 7.59. The molecule has 9 nitrogen and oxygen atoms in total. The lowest BCUT2D eigenvalue weighted by atomic mass is 9.77. The van der Waals surface area contributed by atoms with Crippen molar-refractivity contribution in [2.24, 2.45) is 17.8 Å². The second-order valence-corrected chi connectivity index (χ2v) is 22.0. The Kier molecular flexibility index (Phi) is 19.7. The molecule has 3 aromatic carbocycles. The molecule has 4 rings (SSSR count). The Hall–Kier alpha value is -4.03. The van der Waals surface area contributed by atoms with Gasteiger partial charge in [-0.25, -0.2) is 0 Å². The quantitative estimate of drug-likeness (QED) is 0.0480. The van der Waals surface area contributed by atoms with Crippen LogP contribution < -0.4 is 0 Å². The van der Waals surface area contributed by atoms with Crippen molar-refractivity contribution in [3.63, 3.8) is 0 Å². The van der Waals surface area contributed by atoms with Crippen molar-refractivity contribution in [1.29, 1.82) is 0 Å². The van der Waals surface area contributed by atoms with Crippen molar-refractivity contribution in [1.82, 2.24) is 0 Å². The van der Waals surface area contributed by atoms with Crippen molar-refractivity contribution >= 4 is 43.1 Å². The monoisotopic (exact) mass is 862 g/mol. The minimum Gasteiger partial charge on any atom is -0.463 e. The number of carbonyl (C=O) groups is 5. The zero-order valence-electron chi connectivity index (χ0n) is 38.7. The van der Waals surface area contributed by atoms with E-state index < -0.39 is 43.0 Å². The molecule has 1 aliphatic carbocycles. The Balaban J connectivity index is 0.000000400. The van der Waals surface area contributed by atoms with Gasteiger partial charge in [-0.05, 0) is 127 Å². The second kappa shape index (κ2) is 22.7. The minimum absolute atomic E-state index is 0.0174. The van der Waals surface area contributed by atoms with Gasteiger partial charge in [0.05, 0.1) is 12.8 Å². The van der Waals surface area contributed by atoms with E-state index in [9.17, 15) is 33.1 Å². The lowest BCUT2D eigenvalue weighted by Crippen LogP contribution is -2.28. The van der Waals surface area contributed by atoms with Gasteiger partial charge in [-0.15, -0.1) is 0 Å². The van der Waals surface area contributed by atoms with E-state index in [1.807, 2.05) is 91.8 Å². The lowest BCUT2D eigenvalue weighted by Gasteiger charge is -2.34. The maximum atomic E-state index is 14.3. The molecule has 0 fully saturated rings. The third-order valence-corrected chi connectivity index (χ3v) is 16.2. The summed E-state index contributed by atoms with van der Waals surface area (Å²) in [6.45, 7) is 27.3. The van der Waals surface area contributed by atoms with Gasteiger partial charge in [0.15, 0.2) is 7.14 Å². The Morgan fingerprint density at radius 2 is 1.03 bits per heavy atom. The number of hydrogen-bond donors (Lipinski definition) is 0. The Morgan fingerprint density at radius 3 is 1.38 bits per heavy atom. The van der Waals surface area contributed by atoms with E-state index in [0.717, 1.165) is 39.8 Å². The molecule has 0 saturated carbocycles. The predicted molar refractivity (Wildman–Crippen MR) is 245 cm³/mol. The van der Waals surface area contributed by atoms with E-state index in [-0.39, 0.29) is 42.6 Å². The SMILES string of the molecule is CC.COCCOC(=O)CP(=O)(CC1C(C)=CC(C)CC1C)C(=O)c1c(C)cc(C)cc1C.Cc1cc(C)c(C(=O)P(=O)(CC=O)C(=O)c2c(C)cc(C)cc2C)c(C)c1. The van der Waals surface area contributed by atoms with Crippen LogP contribution in [0.3, 0.4) is 0 Å². The Bertz CT molecular complexity index is 2070. The number of carbonyl (C=O) groups excluding carboxylic acids is 5. The van der Waals surface area contributed by atoms with Crippen molar-refractivity contribution in [3.05, 3.63) is 115 Å². The molecule has 0 heterocycles. The number of methoxy groups -OCH3 is 1. The normalized spacial score (nSPS) is 17.1. The van der Waals surface area contributed by atoms with Crippen LogP contribution >= 0.6 is 14.3 Å². The number of hydrogen-bond acceptors (Lipinski definition) is 9. The number of ether oxygens (including phenoxy) is 2. The predicted octanol–water partition coefficient (Wildman–Crippen LogP) is 11.6. The van der Waals surface area contributed by atoms with Crippen LogP contribution in [0.4, 0.5) is 0 Å². The molecule has 4 unspecified atom stereocenters. The Morgan fingerprint density at radius 1 is 0.650 bits per heavy atom. The average Bonchev–Trinajstić information content (AvgIpc) is 3.13. The molecule has 60 heavy (non-hydrogen) atoms. The van der Waals surface area contributed by atoms with Crippen LogP contribution in [0.15, 0.2) is 48.0 Å². The Labute approximate surface area is 359 Å². The first kappa shape index (κ1) is 52.1. The summed E-state index contributed by atoms with van der Waals surface area (Å²) < 4.78 is 38.1. The van der Waals surface area contributed by atoms with Crippen LogP contribution in [0.1, 0.15) is 122 Å². The molecule has 0 bridgehead atoms. The molecule has 0 amide bonds. The molecular formula is C49H68O9P2. The largest absolute Gasteiger partial charge is 0.463 e. The van der Waals surface area contributed by atoms with Crippen LogP contribution in [-0.4, -0.2) is 67.6 Å². The first-order chi connectivity index (χ1) is 28.0. The second-order valence-electron chi connectivity index (χ2n) is 16.5. The van der Waals surface area contributed by atoms with Crippen molar-refractivity contribution in [2.45, 2.75) is 103 Å². The summed E-state index contributed by atoms with van der Waals surface area (Å²) in [4.78, 5) is 64.1. The molecule has 0 N–H and O–H groups in total. The number of rotatable bonds is 15. The summed E-state index contributed by atoms with van der Waals surface area (Å²) in [5, 5.41) is 0. The maximum absolute atomic E-state index is 14.3. The van der Waals surface area contributed by atoms with E-state index in [0.29, 0.717) is 45.9 Å². The maximum Gasteiger partial charge on any atom is 0.313 e. The first-order valence-corrected chi connectivity index (χ1v) is 24.8. The fourth-order valence-corrected chi connectivity index (χ4v) is 13.8. The average molecular weight is 863 g/mol. The van der Waals surface area contributed by atoms with Gasteiger partial charge in [0.25, 0.3) is 0 Å². The summed E-state index contributed by atoms with van der Waals surface area (Å²) in [6.07, 6.45) is 2.86. The summed E-state index contributed by atoms with van der Waals surface area (Å²) in [7, 11) is -6.17. The van der Waals surface area contributed by atoms with Crippen molar-refractivity contribution in [2.75, 3.05) is 38.8 Å². The van der Waals surface area contributed by atoms with E-state index >= 15 is 0 Å². The van der Waals surface area contributed by atoms with E-state index in [2.05, 4.69) is 19.9 Å². The first-order valence-electron chi connectivity index (χ1n) is 20.8. The summed E-state index contributed by atoms with van der Waals surface area (Å²) >= 11 is 0. The molecule has 3 aromatic rings. The van der Waals surface area contributed by atoms with Crippen LogP contribution in [0.2, 0.25) is 0 Å².